The Morgan fingerprint density at radius 1 is 1.44 bits per heavy atom. The van der Waals surface area contributed by atoms with E-state index in [0.29, 0.717) is 0 Å². The normalized spacial score (nSPS) is 22.6. The molecule has 1 fully saturated rings. The standard InChI is InChI=1S/C4H8NO3P/c6-9(7)8-5-3-1-2-4-5/h1-4H2/p+1. The molecule has 0 bridgehead atoms. The molecule has 5 heteroatoms. The Labute approximate surface area is 54.3 Å². The van der Waals surface area contributed by atoms with Gasteiger partial charge in [-0.15, -0.1) is 9.96 Å². The third-order valence-corrected chi connectivity index (χ3v) is 1.62. The molecule has 1 aliphatic heterocycles. The van der Waals surface area contributed by atoms with Gasteiger partial charge in [0, 0.05) is 17.7 Å². The highest BCUT2D eigenvalue weighted by atomic mass is 31.1. The SMILES string of the molecule is O=[P+](O)ON1CCCC1. The molecule has 1 aliphatic rings. The lowest BCUT2D eigenvalue weighted by molar-refractivity contribution is -0.0365. The first-order chi connectivity index (χ1) is 4.29. The Hall–Kier alpha value is -0.0200. The molecule has 0 radical (unpaired) electrons. The maximum absolute atomic E-state index is 10.0. The Balaban J connectivity index is 2.19. The molecule has 0 aromatic rings. The number of hydrogen-bond donors (Lipinski definition) is 1. The van der Waals surface area contributed by atoms with E-state index in [1.165, 1.54) is 5.06 Å². The Morgan fingerprint density at radius 3 is 2.44 bits per heavy atom. The van der Waals surface area contributed by atoms with Crippen molar-refractivity contribution in [3.8, 4) is 0 Å². The summed E-state index contributed by atoms with van der Waals surface area (Å²) in [7, 11) is -2.44. The van der Waals surface area contributed by atoms with Gasteiger partial charge in [0.2, 0.25) is 0 Å². The first-order valence-electron chi connectivity index (χ1n) is 2.88. The zero-order valence-electron chi connectivity index (χ0n) is 4.99. The van der Waals surface area contributed by atoms with Crippen LogP contribution < -0.4 is 0 Å². The van der Waals surface area contributed by atoms with Crippen LogP contribution in [0.2, 0.25) is 0 Å². The zero-order chi connectivity index (χ0) is 6.69. The summed E-state index contributed by atoms with van der Waals surface area (Å²) in [5, 5.41) is 1.53. The van der Waals surface area contributed by atoms with Crippen molar-refractivity contribution in [1.29, 1.82) is 0 Å². The minimum Gasteiger partial charge on any atom is -0.136 e. The van der Waals surface area contributed by atoms with Gasteiger partial charge in [0.25, 0.3) is 0 Å². The molecule has 1 N–H and O–H groups in total. The average Bonchev–Trinajstić information content (AvgIpc) is 2.15. The van der Waals surface area contributed by atoms with Crippen LogP contribution >= 0.6 is 8.25 Å². The lowest BCUT2D eigenvalue weighted by Crippen LogP contribution is -2.15. The zero-order valence-corrected chi connectivity index (χ0v) is 5.88. The van der Waals surface area contributed by atoms with Crippen LogP contribution in [-0.2, 0) is 9.19 Å². The maximum atomic E-state index is 10.0. The molecular weight excluding hydrogens is 141 g/mol. The van der Waals surface area contributed by atoms with Crippen LogP contribution in [0.4, 0.5) is 0 Å². The van der Waals surface area contributed by atoms with E-state index in [9.17, 15) is 4.57 Å². The molecule has 0 aromatic heterocycles. The third-order valence-electron chi connectivity index (χ3n) is 1.25. The molecule has 0 spiro atoms. The highest BCUT2D eigenvalue weighted by molar-refractivity contribution is 7.32. The van der Waals surface area contributed by atoms with Crippen LogP contribution in [-0.4, -0.2) is 23.0 Å². The van der Waals surface area contributed by atoms with Crippen molar-refractivity contribution in [2.75, 3.05) is 13.1 Å². The van der Waals surface area contributed by atoms with Gasteiger partial charge in [0.15, 0.2) is 0 Å². The molecule has 1 unspecified atom stereocenters. The first-order valence-corrected chi connectivity index (χ1v) is 4.01. The topological polar surface area (TPSA) is 49.8 Å². The van der Waals surface area contributed by atoms with E-state index in [1.54, 1.807) is 0 Å². The van der Waals surface area contributed by atoms with Crippen LogP contribution in [0.5, 0.6) is 0 Å². The summed E-state index contributed by atoms with van der Waals surface area (Å²) < 4.78 is 14.5. The minimum atomic E-state index is -2.44. The van der Waals surface area contributed by atoms with Crippen LogP contribution in [0, 0.1) is 0 Å². The summed E-state index contributed by atoms with van der Waals surface area (Å²) in [6.45, 7) is 1.56. The lowest BCUT2D eigenvalue weighted by atomic mass is 10.4. The van der Waals surface area contributed by atoms with Crippen molar-refractivity contribution in [2.45, 2.75) is 12.8 Å². The van der Waals surface area contributed by atoms with Gasteiger partial charge in [0.1, 0.15) is 0 Å². The molecule has 0 saturated carbocycles. The fourth-order valence-electron chi connectivity index (χ4n) is 0.869. The molecule has 1 atom stereocenters. The van der Waals surface area contributed by atoms with Gasteiger partial charge in [0.05, 0.1) is 0 Å². The molecule has 0 amide bonds. The molecular formula is C4H9NO3P+. The summed E-state index contributed by atoms with van der Waals surface area (Å²) in [6.07, 6.45) is 2.12. The van der Waals surface area contributed by atoms with Crippen molar-refractivity contribution in [3.05, 3.63) is 0 Å². The van der Waals surface area contributed by atoms with Crippen LogP contribution in [0.3, 0.4) is 0 Å². The van der Waals surface area contributed by atoms with Crippen LogP contribution in [0.25, 0.3) is 0 Å². The summed E-state index contributed by atoms with van der Waals surface area (Å²) >= 11 is 0. The smallest absolute Gasteiger partial charge is 0.136 e. The lowest BCUT2D eigenvalue weighted by Gasteiger charge is -2.00. The van der Waals surface area contributed by atoms with Crippen LogP contribution in [0.1, 0.15) is 12.8 Å². The molecule has 1 saturated heterocycles. The first kappa shape index (κ1) is 7.09. The second kappa shape index (κ2) is 3.22. The Kier molecular flexibility index (Phi) is 2.54. The van der Waals surface area contributed by atoms with E-state index in [2.05, 4.69) is 4.62 Å². The summed E-state index contributed by atoms with van der Waals surface area (Å²) in [5.74, 6) is 0. The molecule has 1 heterocycles. The van der Waals surface area contributed by atoms with Crippen molar-refractivity contribution in [2.24, 2.45) is 0 Å². The summed E-state index contributed by atoms with van der Waals surface area (Å²) in [4.78, 5) is 8.26. The molecule has 9 heavy (non-hydrogen) atoms. The number of hydroxylamine groups is 2. The number of nitrogens with zero attached hydrogens (tertiary/aromatic N) is 1. The molecule has 52 valence electrons. The predicted octanol–water partition coefficient (Wildman–Crippen LogP) is 0.663. The van der Waals surface area contributed by atoms with Gasteiger partial charge in [-0.2, -0.15) is 0 Å². The largest absolute Gasteiger partial charge is 0.713 e. The predicted molar refractivity (Wildman–Crippen MR) is 31.7 cm³/mol. The van der Waals surface area contributed by atoms with E-state index in [-0.39, 0.29) is 0 Å². The fourth-order valence-corrected chi connectivity index (χ4v) is 1.23. The second-order valence-corrected chi connectivity index (χ2v) is 2.59. The number of rotatable bonds is 2. The molecule has 0 aromatic carbocycles. The monoisotopic (exact) mass is 150 g/mol. The molecule has 4 nitrogen and oxygen atoms in total. The van der Waals surface area contributed by atoms with Crippen molar-refractivity contribution >= 4 is 8.25 Å². The van der Waals surface area contributed by atoms with Crippen LogP contribution in [0.15, 0.2) is 0 Å². The van der Waals surface area contributed by atoms with Crippen molar-refractivity contribution in [1.82, 2.24) is 5.06 Å². The number of hydrogen-bond acceptors (Lipinski definition) is 3. The van der Waals surface area contributed by atoms with E-state index in [0.717, 1.165) is 25.9 Å². The maximum Gasteiger partial charge on any atom is 0.713 e. The van der Waals surface area contributed by atoms with E-state index < -0.39 is 8.25 Å². The highest BCUT2D eigenvalue weighted by Crippen LogP contribution is 2.20. The van der Waals surface area contributed by atoms with Gasteiger partial charge >= 0.3 is 8.25 Å². The molecule has 0 aliphatic carbocycles. The van der Waals surface area contributed by atoms with Gasteiger partial charge < -0.3 is 0 Å². The van der Waals surface area contributed by atoms with Gasteiger partial charge in [-0.3, -0.25) is 0 Å². The Morgan fingerprint density at radius 2 is 2.00 bits per heavy atom. The fraction of sp³-hybridized carbons (Fsp3) is 1.00. The van der Waals surface area contributed by atoms with E-state index in [1.807, 2.05) is 0 Å². The average molecular weight is 150 g/mol. The molecule has 1 rings (SSSR count). The summed E-state index contributed by atoms with van der Waals surface area (Å²) in [5.41, 5.74) is 0. The van der Waals surface area contributed by atoms with Gasteiger partial charge in [-0.25, -0.2) is 0 Å². The van der Waals surface area contributed by atoms with Gasteiger partial charge in [-0.05, 0) is 17.5 Å². The third kappa shape index (κ3) is 2.37. The Bertz CT molecular complexity index is 112. The van der Waals surface area contributed by atoms with Crippen molar-refractivity contribution in [3.63, 3.8) is 0 Å². The minimum absolute atomic E-state index is 0.779. The summed E-state index contributed by atoms with van der Waals surface area (Å²) in [6, 6.07) is 0. The van der Waals surface area contributed by atoms with E-state index >= 15 is 0 Å². The van der Waals surface area contributed by atoms with E-state index in [4.69, 9.17) is 4.89 Å². The second-order valence-electron chi connectivity index (χ2n) is 1.96. The van der Waals surface area contributed by atoms with Gasteiger partial charge in [-0.1, -0.05) is 0 Å². The van der Waals surface area contributed by atoms with Crippen molar-refractivity contribution < 1.29 is 14.1 Å². The highest BCUT2D eigenvalue weighted by Gasteiger charge is 2.23. The quantitative estimate of drug-likeness (QED) is 0.587.